The summed E-state index contributed by atoms with van der Waals surface area (Å²) < 4.78 is 7.07. The summed E-state index contributed by atoms with van der Waals surface area (Å²) in [7, 11) is 1.59. The van der Waals surface area contributed by atoms with Crippen LogP contribution in [0.3, 0.4) is 0 Å². The number of nitrogens with zero attached hydrogens (tertiary/aromatic N) is 2. The number of rotatable bonds is 3. The van der Waals surface area contributed by atoms with E-state index in [1.54, 1.807) is 11.5 Å². The Balaban J connectivity index is 2.02. The van der Waals surface area contributed by atoms with Crippen LogP contribution in [0.4, 0.5) is 5.69 Å². The van der Waals surface area contributed by atoms with Crippen molar-refractivity contribution in [1.29, 1.82) is 0 Å². The molecular formula is C18H19N3O2. The summed E-state index contributed by atoms with van der Waals surface area (Å²) >= 11 is 0. The molecule has 118 valence electrons. The van der Waals surface area contributed by atoms with Gasteiger partial charge in [0.25, 0.3) is 5.91 Å². The number of amides is 1. The molecule has 0 spiro atoms. The number of ether oxygens (including phenoxy) is 1. The van der Waals surface area contributed by atoms with Crippen LogP contribution in [0, 0.1) is 20.8 Å². The van der Waals surface area contributed by atoms with Crippen molar-refractivity contribution < 1.29 is 9.53 Å². The number of imidazole rings is 1. The Morgan fingerprint density at radius 1 is 1.17 bits per heavy atom. The number of carbonyl (C=O) groups is 1. The van der Waals surface area contributed by atoms with Gasteiger partial charge in [0.05, 0.1) is 12.8 Å². The Bertz CT molecular complexity index is 876. The molecule has 0 fully saturated rings. The van der Waals surface area contributed by atoms with Gasteiger partial charge in [-0.2, -0.15) is 0 Å². The maximum absolute atomic E-state index is 12.7. The third kappa shape index (κ3) is 2.77. The topological polar surface area (TPSA) is 55.6 Å². The minimum atomic E-state index is -0.187. The average molecular weight is 309 g/mol. The number of pyridine rings is 1. The van der Waals surface area contributed by atoms with Crippen LogP contribution < -0.4 is 10.1 Å². The Kier molecular flexibility index (Phi) is 3.78. The van der Waals surface area contributed by atoms with Crippen LogP contribution >= 0.6 is 0 Å². The first-order valence-corrected chi connectivity index (χ1v) is 7.41. The molecule has 0 atom stereocenters. The largest absolute Gasteiger partial charge is 0.493 e. The van der Waals surface area contributed by atoms with E-state index >= 15 is 0 Å². The second-order valence-electron chi connectivity index (χ2n) is 5.65. The van der Waals surface area contributed by atoms with E-state index in [0.29, 0.717) is 22.8 Å². The van der Waals surface area contributed by atoms with E-state index in [0.717, 1.165) is 16.8 Å². The maximum atomic E-state index is 12.7. The van der Waals surface area contributed by atoms with Crippen LogP contribution in [-0.2, 0) is 0 Å². The van der Waals surface area contributed by atoms with E-state index in [-0.39, 0.29) is 5.91 Å². The van der Waals surface area contributed by atoms with E-state index in [2.05, 4.69) is 16.4 Å². The molecule has 5 nitrogen and oxygen atoms in total. The fourth-order valence-corrected chi connectivity index (χ4v) is 2.83. The molecule has 1 amide bonds. The van der Waals surface area contributed by atoms with Crippen molar-refractivity contribution in [2.75, 3.05) is 12.4 Å². The molecule has 1 aromatic carbocycles. The van der Waals surface area contributed by atoms with Crippen LogP contribution in [-0.4, -0.2) is 22.4 Å². The molecule has 0 aliphatic heterocycles. The number of hydrogen-bond acceptors (Lipinski definition) is 3. The summed E-state index contributed by atoms with van der Waals surface area (Å²) in [4.78, 5) is 17.2. The Hall–Kier alpha value is -2.82. The number of nitrogens with one attached hydrogen (secondary N) is 1. The number of methoxy groups -OCH3 is 1. The molecule has 5 heteroatoms. The van der Waals surface area contributed by atoms with Gasteiger partial charge < -0.3 is 10.1 Å². The summed E-state index contributed by atoms with van der Waals surface area (Å²) in [5.41, 5.74) is 4.81. The molecule has 2 aromatic heterocycles. The minimum absolute atomic E-state index is 0.187. The van der Waals surface area contributed by atoms with Gasteiger partial charge in [0.1, 0.15) is 5.69 Å². The molecule has 0 saturated heterocycles. The van der Waals surface area contributed by atoms with Crippen molar-refractivity contribution in [1.82, 2.24) is 9.38 Å². The molecule has 0 unspecified atom stereocenters. The van der Waals surface area contributed by atoms with Crippen LogP contribution in [0.1, 0.15) is 27.3 Å². The molecule has 0 aliphatic rings. The predicted octanol–water partition coefficient (Wildman–Crippen LogP) is 3.52. The summed E-state index contributed by atoms with van der Waals surface area (Å²) in [5, 5.41) is 2.96. The van der Waals surface area contributed by atoms with Gasteiger partial charge in [-0.3, -0.25) is 9.20 Å². The molecule has 3 aromatic rings. The van der Waals surface area contributed by atoms with Gasteiger partial charge in [-0.15, -0.1) is 0 Å². The zero-order valence-corrected chi connectivity index (χ0v) is 13.7. The summed E-state index contributed by atoms with van der Waals surface area (Å²) in [5.74, 6) is 0.453. The lowest BCUT2D eigenvalue weighted by Gasteiger charge is -2.08. The van der Waals surface area contributed by atoms with E-state index in [9.17, 15) is 4.79 Å². The molecule has 1 N–H and O–H groups in total. The third-order valence-corrected chi connectivity index (χ3v) is 3.70. The lowest BCUT2D eigenvalue weighted by molar-refractivity contribution is 0.102. The van der Waals surface area contributed by atoms with E-state index in [1.807, 2.05) is 51.2 Å². The van der Waals surface area contributed by atoms with Crippen molar-refractivity contribution >= 4 is 17.2 Å². The molecule has 0 aliphatic carbocycles. The lowest BCUT2D eigenvalue weighted by atomic mass is 10.1. The first-order valence-electron chi connectivity index (χ1n) is 7.41. The Morgan fingerprint density at radius 3 is 2.52 bits per heavy atom. The molecular weight excluding hydrogens is 290 g/mol. The number of fused-ring (bicyclic) bond motifs is 1. The summed E-state index contributed by atoms with van der Waals surface area (Å²) in [6, 6.07) is 9.63. The van der Waals surface area contributed by atoms with E-state index in [1.165, 1.54) is 0 Å². The number of hydrogen-bond donors (Lipinski definition) is 1. The highest BCUT2D eigenvalue weighted by molar-refractivity contribution is 6.04. The molecule has 23 heavy (non-hydrogen) atoms. The zero-order chi connectivity index (χ0) is 16.6. The van der Waals surface area contributed by atoms with Crippen molar-refractivity contribution in [2.45, 2.75) is 20.8 Å². The van der Waals surface area contributed by atoms with Gasteiger partial charge in [0.15, 0.2) is 11.4 Å². The fourth-order valence-electron chi connectivity index (χ4n) is 2.83. The number of anilines is 1. The van der Waals surface area contributed by atoms with E-state index < -0.39 is 0 Å². The van der Waals surface area contributed by atoms with Crippen LogP contribution in [0.15, 0.2) is 36.5 Å². The number of aryl methyl sites for hydroxylation is 3. The lowest BCUT2D eigenvalue weighted by Crippen LogP contribution is -2.15. The standard InChI is InChI=1S/C18H19N3O2/c1-11-8-12(2)10-14(9-11)20-18(22)16-13(3)19-17-15(23-4)6-5-7-21(16)17/h5-10H,1-4H3,(H,20,22). The highest BCUT2D eigenvalue weighted by atomic mass is 16.5. The number of carbonyl (C=O) groups excluding carboxylic acids is 1. The van der Waals surface area contributed by atoms with Crippen molar-refractivity contribution in [3.8, 4) is 5.75 Å². The normalized spacial score (nSPS) is 10.8. The zero-order valence-electron chi connectivity index (χ0n) is 13.7. The summed E-state index contributed by atoms with van der Waals surface area (Å²) in [6.45, 7) is 5.84. The van der Waals surface area contributed by atoms with Gasteiger partial charge in [0, 0.05) is 11.9 Å². The minimum Gasteiger partial charge on any atom is -0.493 e. The van der Waals surface area contributed by atoms with E-state index in [4.69, 9.17) is 4.74 Å². The SMILES string of the molecule is COc1cccn2c(C(=O)Nc3cc(C)cc(C)c3)c(C)nc12. The van der Waals surface area contributed by atoms with Crippen molar-refractivity contribution in [2.24, 2.45) is 0 Å². The van der Waals surface area contributed by atoms with Crippen LogP contribution in [0.2, 0.25) is 0 Å². The Morgan fingerprint density at radius 2 is 1.87 bits per heavy atom. The van der Waals surface area contributed by atoms with Crippen molar-refractivity contribution in [3.05, 3.63) is 59.0 Å². The Labute approximate surface area is 134 Å². The molecule has 2 heterocycles. The monoisotopic (exact) mass is 309 g/mol. The van der Waals surface area contributed by atoms with Crippen LogP contribution in [0.25, 0.3) is 5.65 Å². The fraction of sp³-hybridized carbons (Fsp3) is 0.222. The molecule has 0 radical (unpaired) electrons. The van der Waals surface area contributed by atoms with Gasteiger partial charge >= 0.3 is 0 Å². The molecule has 0 bridgehead atoms. The quantitative estimate of drug-likeness (QED) is 0.805. The molecule has 0 saturated carbocycles. The third-order valence-electron chi connectivity index (χ3n) is 3.70. The average Bonchev–Trinajstić information content (AvgIpc) is 2.81. The first kappa shape index (κ1) is 15.1. The first-order chi connectivity index (χ1) is 11.0. The van der Waals surface area contributed by atoms with Crippen molar-refractivity contribution in [3.63, 3.8) is 0 Å². The van der Waals surface area contributed by atoms with Gasteiger partial charge in [-0.25, -0.2) is 4.98 Å². The highest BCUT2D eigenvalue weighted by Gasteiger charge is 2.18. The second kappa shape index (κ2) is 5.76. The van der Waals surface area contributed by atoms with Gasteiger partial charge in [-0.05, 0) is 56.2 Å². The molecule has 3 rings (SSSR count). The van der Waals surface area contributed by atoms with Crippen LogP contribution in [0.5, 0.6) is 5.75 Å². The maximum Gasteiger partial charge on any atom is 0.274 e. The van der Waals surface area contributed by atoms with Gasteiger partial charge in [0.2, 0.25) is 0 Å². The summed E-state index contributed by atoms with van der Waals surface area (Å²) in [6.07, 6.45) is 1.81. The number of aromatic nitrogens is 2. The van der Waals surface area contributed by atoms with Gasteiger partial charge in [-0.1, -0.05) is 6.07 Å². The predicted molar refractivity (Wildman–Crippen MR) is 90.4 cm³/mol. The number of benzene rings is 1. The highest BCUT2D eigenvalue weighted by Crippen LogP contribution is 2.22. The smallest absolute Gasteiger partial charge is 0.274 e. The second-order valence-corrected chi connectivity index (χ2v) is 5.65.